The molecule has 0 unspecified atom stereocenters. The van der Waals surface area contributed by atoms with E-state index < -0.39 is 0 Å². The van der Waals surface area contributed by atoms with E-state index in [1.807, 2.05) is 0 Å². The summed E-state index contributed by atoms with van der Waals surface area (Å²) in [4.78, 5) is 7.89. The molecule has 0 atom stereocenters. The molecular weight excluding hydrogens is 918 g/mol. The lowest BCUT2D eigenvalue weighted by Gasteiger charge is -2.48. The molecule has 0 spiro atoms. The van der Waals surface area contributed by atoms with Gasteiger partial charge in [0.15, 0.2) is 0 Å². The van der Waals surface area contributed by atoms with Crippen molar-refractivity contribution in [1.29, 1.82) is 0 Å². The van der Waals surface area contributed by atoms with Crippen molar-refractivity contribution < 1.29 is 0 Å². The van der Waals surface area contributed by atoms with Crippen LogP contribution in [0.3, 0.4) is 0 Å². The Balaban J connectivity index is 1.22. The molecule has 0 bridgehead atoms. The number of hydrogen-bond acceptors (Lipinski definition) is 3. The fraction of sp³-hybridized carbons (Fsp3) is 0.250. The molecular formula is C72H70BN3. The maximum absolute atomic E-state index is 2.73. The molecule has 13 rings (SSSR count). The molecule has 4 heteroatoms. The van der Waals surface area contributed by atoms with Crippen LogP contribution < -0.4 is 31.1 Å². The highest BCUT2D eigenvalue weighted by Crippen LogP contribution is 2.56. The Morgan fingerprint density at radius 2 is 0.882 bits per heavy atom. The van der Waals surface area contributed by atoms with E-state index >= 15 is 0 Å². The van der Waals surface area contributed by atoms with Crippen LogP contribution in [-0.2, 0) is 21.7 Å². The zero-order valence-corrected chi connectivity index (χ0v) is 46.4. The fourth-order valence-corrected chi connectivity index (χ4v) is 14.5. The van der Waals surface area contributed by atoms with E-state index in [9.17, 15) is 0 Å². The van der Waals surface area contributed by atoms with Crippen molar-refractivity contribution in [3.63, 3.8) is 0 Å². The number of hydrogen-bond donors (Lipinski definition) is 0. The second-order valence-corrected chi connectivity index (χ2v) is 25.3. The van der Waals surface area contributed by atoms with Crippen LogP contribution in [0.25, 0.3) is 22.3 Å². The normalized spacial score (nSPS) is 16.8. The molecule has 2 aliphatic carbocycles. The number of nitrogens with zero attached hydrogens (tertiary/aromatic N) is 3. The minimum atomic E-state index is -0.0794. The molecule has 0 saturated heterocycles. The van der Waals surface area contributed by atoms with Crippen molar-refractivity contribution >= 4 is 74.3 Å². The van der Waals surface area contributed by atoms with Gasteiger partial charge in [-0.25, -0.2) is 0 Å². The van der Waals surface area contributed by atoms with Crippen molar-refractivity contribution in [1.82, 2.24) is 0 Å². The van der Waals surface area contributed by atoms with Crippen molar-refractivity contribution in [2.45, 2.75) is 117 Å². The first-order chi connectivity index (χ1) is 36.4. The topological polar surface area (TPSA) is 9.72 Å². The minimum absolute atomic E-state index is 0.00392. The number of rotatable bonds is 7. The summed E-state index contributed by atoms with van der Waals surface area (Å²) >= 11 is 0. The predicted octanol–water partition coefficient (Wildman–Crippen LogP) is 17.8. The molecule has 0 radical (unpaired) electrons. The van der Waals surface area contributed by atoms with Gasteiger partial charge < -0.3 is 14.7 Å². The lowest BCUT2D eigenvalue weighted by Crippen LogP contribution is -2.62. The maximum Gasteiger partial charge on any atom is 0.252 e. The Morgan fingerprint density at radius 1 is 0.382 bits per heavy atom. The summed E-state index contributed by atoms with van der Waals surface area (Å²) in [6.45, 7) is 26.6. The minimum Gasteiger partial charge on any atom is -0.311 e. The molecule has 0 N–H and O–H groups in total. The zero-order chi connectivity index (χ0) is 52.6. The van der Waals surface area contributed by atoms with Gasteiger partial charge in [-0.1, -0.05) is 188 Å². The van der Waals surface area contributed by atoms with Crippen molar-refractivity contribution in [3.8, 4) is 22.3 Å². The largest absolute Gasteiger partial charge is 0.311 e. The van der Waals surface area contributed by atoms with Gasteiger partial charge in [0.2, 0.25) is 0 Å². The average molecular weight is 988 g/mol. The monoisotopic (exact) mass is 988 g/mol. The summed E-state index contributed by atoms with van der Waals surface area (Å²) in [7, 11) is 0. The van der Waals surface area contributed by atoms with E-state index in [1.54, 1.807) is 0 Å². The smallest absolute Gasteiger partial charge is 0.252 e. The van der Waals surface area contributed by atoms with Crippen LogP contribution >= 0.6 is 0 Å². The third kappa shape index (κ3) is 7.53. The lowest BCUT2D eigenvalue weighted by molar-refractivity contribution is 0.332. The van der Waals surface area contributed by atoms with Crippen LogP contribution in [-0.4, -0.2) is 6.71 Å². The summed E-state index contributed by atoms with van der Waals surface area (Å²) in [6.07, 6.45) is 3.38. The van der Waals surface area contributed by atoms with Gasteiger partial charge in [0.05, 0.1) is 11.4 Å². The van der Waals surface area contributed by atoms with Gasteiger partial charge in [-0.05, 0) is 189 Å². The second-order valence-electron chi connectivity index (χ2n) is 25.3. The second kappa shape index (κ2) is 17.2. The van der Waals surface area contributed by atoms with E-state index in [0.29, 0.717) is 0 Å². The highest BCUT2D eigenvalue weighted by atomic mass is 15.2. The van der Waals surface area contributed by atoms with E-state index in [0.717, 1.165) is 36.3 Å². The first kappa shape index (κ1) is 48.1. The van der Waals surface area contributed by atoms with Crippen molar-refractivity contribution in [2.75, 3.05) is 14.7 Å². The molecule has 9 aromatic rings. The summed E-state index contributed by atoms with van der Waals surface area (Å²) in [6, 6.07) is 71.9. The summed E-state index contributed by atoms with van der Waals surface area (Å²) < 4.78 is 0. The van der Waals surface area contributed by atoms with Gasteiger partial charge in [-0.2, -0.15) is 0 Å². The summed E-state index contributed by atoms with van der Waals surface area (Å²) in [5.41, 5.74) is 29.4. The number of anilines is 9. The van der Waals surface area contributed by atoms with Gasteiger partial charge in [0, 0.05) is 45.4 Å². The molecule has 2 heterocycles. The first-order valence-corrected chi connectivity index (χ1v) is 27.8. The van der Waals surface area contributed by atoms with Crippen LogP contribution in [0.2, 0.25) is 0 Å². The van der Waals surface area contributed by atoms with Crippen molar-refractivity contribution in [2.24, 2.45) is 0 Å². The quantitative estimate of drug-likeness (QED) is 0.147. The lowest BCUT2D eigenvalue weighted by atomic mass is 9.33. The Hall–Kier alpha value is -7.56. The summed E-state index contributed by atoms with van der Waals surface area (Å²) in [5.74, 6) is 0. The number of aryl methyl sites for hydroxylation is 3. The van der Waals surface area contributed by atoms with Crippen LogP contribution in [0.4, 0.5) is 51.2 Å². The maximum atomic E-state index is 2.73. The highest BCUT2D eigenvalue weighted by Gasteiger charge is 2.49. The van der Waals surface area contributed by atoms with Gasteiger partial charge in [-0.15, -0.1) is 0 Å². The van der Waals surface area contributed by atoms with Gasteiger partial charge >= 0.3 is 0 Å². The molecule has 9 aromatic carbocycles. The first-order valence-electron chi connectivity index (χ1n) is 27.8. The van der Waals surface area contributed by atoms with E-state index in [4.69, 9.17) is 0 Å². The standard InChI is InChI=1S/C72H70BN3/c1-46-36-48(3)68(55(37-46)50-26-18-13-19-27-50)76-64-44-58-57(69(4,5)34-35-70(58,6)7)42-61(64)73-60-39-51(49-24-16-12-17-25-49)32-33-62(60)75(63-43-59-56(38-47(63)2)71(8,9)45-72(59,10)11)65-40-54(41-66(76)67(65)73)74(52-28-20-14-21-29-52)53-30-22-15-23-31-53/h12-33,36-44H,34-35,45H2,1-11H3. The van der Waals surface area contributed by atoms with Crippen LogP contribution in [0.1, 0.15) is 114 Å². The third-order valence-electron chi connectivity index (χ3n) is 18.1. The average Bonchev–Trinajstić information content (AvgIpc) is 3.61. The number of para-hydroxylation sites is 2. The van der Waals surface area contributed by atoms with Crippen LogP contribution in [0.15, 0.2) is 188 Å². The predicted molar refractivity (Wildman–Crippen MR) is 326 cm³/mol. The molecule has 2 aliphatic heterocycles. The van der Waals surface area contributed by atoms with E-state index in [2.05, 4.69) is 279 Å². The Bertz CT molecular complexity index is 3740. The van der Waals surface area contributed by atoms with E-state index in [1.165, 1.54) is 112 Å². The van der Waals surface area contributed by atoms with Gasteiger partial charge in [0.25, 0.3) is 6.71 Å². The van der Waals surface area contributed by atoms with Crippen molar-refractivity contribution in [3.05, 3.63) is 227 Å². The molecule has 0 amide bonds. The van der Waals surface area contributed by atoms with Crippen LogP contribution in [0.5, 0.6) is 0 Å². The van der Waals surface area contributed by atoms with Gasteiger partial charge in [0.1, 0.15) is 0 Å². The molecule has 376 valence electrons. The number of benzene rings is 9. The van der Waals surface area contributed by atoms with Gasteiger partial charge in [-0.3, -0.25) is 0 Å². The fourth-order valence-electron chi connectivity index (χ4n) is 14.5. The Morgan fingerprint density at radius 3 is 1.49 bits per heavy atom. The Labute approximate surface area is 453 Å². The molecule has 4 aliphatic rings. The number of fused-ring (bicyclic) bond motifs is 6. The molecule has 0 fully saturated rings. The molecule has 0 saturated carbocycles. The van der Waals surface area contributed by atoms with E-state index in [-0.39, 0.29) is 28.4 Å². The molecule has 76 heavy (non-hydrogen) atoms. The molecule has 3 nitrogen and oxygen atoms in total. The SMILES string of the molecule is Cc1cc(C)c(N2c3cc4c(cc3B3c5cc(-c6ccccc6)ccc5N(c5cc6c(cc5C)C(C)(C)CC6(C)C)c5cc(N(c6ccccc6)c6ccccc6)cc2c53)C(C)(C)CCC4(C)C)c(-c2ccccc2)c1. The highest BCUT2D eigenvalue weighted by molar-refractivity contribution is 7.00. The Kier molecular flexibility index (Phi) is 10.9. The summed E-state index contributed by atoms with van der Waals surface area (Å²) in [5, 5.41) is 0. The third-order valence-corrected chi connectivity index (χ3v) is 18.1. The molecule has 0 aromatic heterocycles. The van der Waals surface area contributed by atoms with Crippen LogP contribution in [0, 0.1) is 20.8 Å². The zero-order valence-electron chi connectivity index (χ0n) is 46.4.